The van der Waals surface area contributed by atoms with Crippen molar-refractivity contribution in [1.82, 2.24) is 25.1 Å². The molecule has 1 aromatic carbocycles. The van der Waals surface area contributed by atoms with Crippen LogP contribution >= 0.6 is 0 Å². The number of piperazine rings is 1. The van der Waals surface area contributed by atoms with Gasteiger partial charge in [0.1, 0.15) is 11.5 Å². The predicted octanol–water partition coefficient (Wildman–Crippen LogP) is 3.20. The molecule has 0 bridgehead atoms. The van der Waals surface area contributed by atoms with Crippen molar-refractivity contribution in [2.24, 2.45) is 0 Å². The summed E-state index contributed by atoms with van der Waals surface area (Å²) in [6.45, 7) is 7.58. The monoisotopic (exact) mass is 366 g/mol. The number of aromatic amines is 1. The highest BCUT2D eigenvalue weighted by Crippen LogP contribution is 2.29. The zero-order chi connectivity index (χ0) is 18.8. The Morgan fingerprint density at radius 3 is 2.59 bits per heavy atom. The van der Waals surface area contributed by atoms with Gasteiger partial charge in [0.2, 0.25) is 0 Å². The minimum Gasteiger partial charge on any atom is -0.352 e. The molecular formula is C20H23FN6. The zero-order valence-electron chi connectivity index (χ0n) is 15.6. The van der Waals surface area contributed by atoms with E-state index in [9.17, 15) is 4.39 Å². The summed E-state index contributed by atoms with van der Waals surface area (Å²) >= 11 is 0. The number of halogens is 1. The van der Waals surface area contributed by atoms with Crippen molar-refractivity contribution in [2.75, 3.05) is 31.1 Å². The van der Waals surface area contributed by atoms with Crippen molar-refractivity contribution < 1.29 is 4.39 Å². The van der Waals surface area contributed by atoms with Crippen LogP contribution in [0.1, 0.15) is 24.1 Å². The molecule has 3 aromatic rings. The van der Waals surface area contributed by atoms with Gasteiger partial charge in [0.25, 0.3) is 0 Å². The van der Waals surface area contributed by atoms with Crippen molar-refractivity contribution in [2.45, 2.75) is 19.9 Å². The topological polar surface area (TPSA) is 60.9 Å². The fraction of sp³-hybridized carbons (Fsp3) is 0.350. The van der Waals surface area contributed by atoms with Crippen LogP contribution in [0.5, 0.6) is 0 Å². The van der Waals surface area contributed by atoms with Crippen LogP contribution in [0, 0.1) is 12.7 Å². The Morgan fingerprint density at radius 2 is 1.89 bits per heavy atom. The first-order chi connectivity index (χ1) is 13.1. The fourth-order valence-electron chi connectivity index (χ4n) is 3.58. The van der Waals surface area contributed by atoms with E-state index in [0.29, 0.717) is 11.6 Å². The number of hydrogen-bond acceptors (Lipinski definition) is 5. The number of H-pyrrole nitrogens is 1. The van der Waals surface area contributed by atoms with Crippen molar-refractivity contribution in [3.8, 4) is 11.3 Å². The minimum atomic E-state index is -0.203. The number of hydrogen-bond donors (Lipinski definition) is 1. The standard InChI is InChI=1S/C20H23FN6/c1-14-11-16(3-4-18(14)21)19-20(23-6-5-22-19)27-9-7-26(8-10-27)15(2)17-12-24-25-13-17/h3-6,11-13,15H,7-10H2,1-2H3,(H,24,25). The third-order valence-electron chi connectivity index (χ3n) is 5.27. The van der Waals surface area contributed by atoms with Crippen molar-refractivity contribution >= 4 is 5.82 Å². The summed E-state index contributed by atoms with van der Waals surface area (Å²) in [5.74, 6) is 0.658. The van der Waals surface area contributed by atoms with E-state index in [0.717, 1.165) is 43.3 Å². The van der Waals surface area contributed by atoms with E-state index < -0.39 is 0 Å². The molecule has 1 fully saturated rings. The summed E-state index contributed by atoms with van der Waals surface area (Å²) in [6.07, 6.45) is 7.24. The third kappa shape index (κ3) is 3.55. The average Bonchev–Trinajstić information content (AvgIpc) is 3.24. The highest BCUT2D eigenvalue weighted by Gasteiger charge is 2.25. The molecular weight excluding hydrogens is 343 g/mol. The highest BCUT2D eigenvalue weighted by atomic mass is 19.1. The van der Waals surface area contributed by atoms with Gasteiger partial charge in [-0.1, -0.05) is 0 Å². The lowest BCUT2D eigenvalue weighted by Gasteiger charge is -2.38. The Labute approximate surface area is 158 Å². The number of benzene rings is 1. The molecule has 1 saturated heterocycles. The molecule has 1 N–H and O–H groups in total. The number of anilines is 1. The molecule has 4 rings (SSSR count). The molecule has 0 aliphatic carbocycles. The maximum atomic E-state index is 13.6. The Balaban J connectivity index is 1.53. The number of aryl methyl sites for hydroxylation is 1. The first-order valence-electron chi connectivity index (χ1n) is 9.18. The molecule has 1 aliphatic heterocycles. The van der Waals surface area contributed by atoms with Gasteiger partial charge in [-0.3, -0.25) is 15.0 Å². The summed E-state index contributed by atoms with van der Waals surface area (Å²) in [4.78, 5) is 13.8. The SMILES string of the molecule is Cc1cc(-c2nccnc2N2CCN(C(C)c3cn[nH]c3)CC2)ccc1F. The van der Waals surface area contributed by atoms with E-state index in [-0.39, 0.29) is 5.82 Å². The lowest BCUT2D eigenvalue weighted by Crippen LogP contribution is -2.47. The van der Waals surface area contributed by atoms with Gasteiger partial charge in [-0.2, -0.15) is 5.10 Å². The molecule has 0 amide bonds. The van der Waals surface area contributed by atoms with E-state index in [1.165, 1.54) is 11.6 Å². The van der Waals surface area contributed by atoms with Gasteiger partial charge in [0.15, 0.2) is 5.82 Å². The molecule has 7 heteroatoms. The average molecular weight is 366 g/mol. The smallest absolute Gasteiger partial charge is 0.155 e. The summed E-state index contributed by atoms with van der Waals surface area (Å²) in [6, 6.07) is 5.42. The van der Waals surface area contributed by atoms with E-state index in [4.69, 9.17) is 0 Å². The fourth-order valence-corrected chi connectivity index (χ4v) is 3.58. The van der Waals surface area contributed by atoms with Gasteiger partial charge in [-0.15, -0.1) is 0 Å². The third-order valence-corrected chi connectivity index (χ3v) is 5.27. The summed E-state index contributed by atoms with van der Waals surface area (Å²) in [5, 5.41) is 6.94. The maximum Gasteiger partial charge on any atom is 0.155 e. The van der Waals surface area contributed by atoms with Gasteiger partial charge in [0, 0.05) is 61.9 Å². The first kappa shape index (κ1) is 17.6. The molecule has 0 saturated carbocycles. The Kier molecular flexibility index (Phi) is 4.85. The first-order valence-corrected chi connectivity index (χ1v) is 9.18. The van der Waals surface area contributed by atoms with Gasteiger partial charge in [-0.05, 0) is 37.6 Å². The van der Waals surface area contributed by atoms with Gasteiger partial charge < -0.3 is 4.90 Å². The second-order valence-electron chi connectivity index (χ2n) is 6.92. The minimum absolute atomic E-state index is 0.203. The van der Waals surface area contributed by atoms with E-state index in [1.807, 2.05) is 18.5 Å². The highest BCUT2D eigenvalue weighted by molar-refractivity contribution is 5.72. The normalized spacial score (nSPS) is 16.5. The van der Waals surface area contributed by atoms with Crippen LogP contribution in [0.15, 0.2) is 43.0 Å². The lowest BCUT2D eigenvalue weighted by atomic mass is 10.1. The molecule has 0 spiro atoms. The van der Waals surface area contributed by atoms with Crippen molar-refractivity contribution in [3.05, 3.63) is 59.9 Å². The largest absolute Gasteiger partial charge is 0.352 e. The van der Waals surface area contributed by atoms with E-state index >= 15 is 0 Å². The number of nitrogens with one attached hydrogen (secondary N) is 1. The lowest BCUT2D eigenvalue weighted by molar-refractivity contribution is 0.198. The van der Waals surface area contributed by atoms with Crippen LogP contribution in [0.4, 0.5) is 10.2 Å². The molecule has 27 heavy (non-hydrogen) atoms. The number of aromatic nitrogens is 4. The van der Waals surface area contributed by atoms with E-state index in [2.05, 4.69) is 36.9 Å². The number of nitrogens with zero attached hydrogens (tertiary/aromatic N) is 5. The summed E-state index contributed by atoms with van der Waals surface area (Å²) < 4.78 is 13.6. The van der Waals surface area contributed by atoms with Gasteiger partial charge >= 0.3 is 0 Å². The maximum absolute atomic E-state index is 13.6. The van der Waals surface area contributed by atoms with Gasteiger partial charge in [0.05, 0.1) is 6.20 Å². The number of rotatable bonds is 4. The molecule has 1 atom stereocenters. The second-order valence-corrected chi connectivity index (χ2v) is 6.92. The molecule has 1 unspecified atom stereocenters. The summed E-state index contributed by atoms with van der Waals surface area (Å²) in [7, 11) is 0. The second kappa shape index (κ2) is 7.44. The molecule has 0 radical (unpaired) electrons. The van der Waals surface area contributed by atoms with Crippen LogP contribution in [0.3, 0.4) is 0 Å². The van der Waals surface area contributed by atoms with Crippen LogP contribution in [0.25, 0.3) is 11.3 Å². The molecule has 3 heterocycles. The van der Waals surface area contributed by atoms with Crippen molar-refractivity contribution in [3.63, 3.8) is 0 Å². The Bertz CT molecular complexity index is 903. The van der Waals surface area contributed by atoms with Crippen LogP contribution in [0.2, 0.25) is 0 Å². The van der Waals surface area contributed by atoms with E-state index in [1.54, 1.807) is 25.4 Å². The molecule has 6 nitrogen and oxygen atoms in total. The van der Waals surface area contributed by atoms with Gasteiger partial charge in [-0.25, -0.2) is 9.37 Å². The quantitative estimate of drug-likeness (QED) is 0.768. The van der Waals surface area contributed by atoms with Crippen LogP contribution < -0.4 is 4.90 Å². The molecule has 2 aromatic heterocycles. The van der Waals surface area contributed by atoms with Crippen LogP contribution in [-0.4, -0.2) is 51.2 Å². The molecule has 1 aliphatic rings. The Hall–Kier alpha value is -2.80. The predicted molar refractivity (Wildman–Crippen MR) is 103 cm³/mol. The van der Waals surface area contributed by atoms with Crippen LogP contribution in [-0.2, 0) is 0 Å². The van der Waals surface area contributed by atoms with Crippen molar-refractivity contribution in [1.29, 1.82) is 0 Å². The molecule has 140 valence electrons. The Morgan fingerprint density at radius 1 is 1.11 bits per heavy atom. The summed E-state index contributed by atoms with van der Waals surface area (Å²) in [5.41, 5.74) is 3.51. The zero-order valence-corrected chi connectivity index (χ0v) is 15.6.